The van der Waals surface area contributed by atoms with Gasteiger partial charge in [-0.05, 0) is 40.8 Å². The second-order valence-electron chi connectivity index (χ2n) is 4.16. The fourth-order valence-electron chi connectivity index (χ4n) is 1.39. The lowest BCUT2D eigenvalue weighted by molar-refractivity contribution is 0.458. The first-order valence-corrected chi connectivity index (χ1v) is 7.03. The monoisotopic (exact) mass is 377 g/mol. The number of rotatable bonds is 4. The van der Waals surface area contributed by atoms with E-state index in [1.165, 1.54) is 0 Å². The molecular weight excluding hydrogens is 365 g/mol. The SMILES string of the molecule is CC(C)NCc1nnc(-c2cc(Cl)ccc2I)o1. The van der Waals surface area contributed by atoms with Crippen molar-refractivity contribution < 1.29 is 4.42 Å². The Morgan fingerprint density at radius 2 is 2.17 bits per heavy atom. The van der Waals surface area contributed by atoms with Crippen molar-refractivity contribution in [3.63, 3.8) is 0 Å². The summed E-state index contributed by atoms with van der Waals surface area (Å²) < 4.78 is 6.64. The molecule has 0 bridgehead atoms. The molecule has 0 atom stereocenters. The van der Waals surface area contributed by atoms with Gasteiger partial charge in [0.1, 0.15) is 0 Å². The minimum atomic E-state index is 0.381. The summed E-state index contributed by atoms with van der Waals surface area (Å²) in [5, 5.41) is 11.9. The Labute approximate surface area is 124 Å². The fraction of sp³-hybridized carbons (Fsp3) is 0.333. The minimum absolute atomic E-state index is 0.381. The summed E-state index contributed by atoms with van der Waals surface area (Å²) in [6.07, 6.45) is 0. The average Bonchev–Trinajstić information content (AvgIpc) is 2.78. The Balaban J connectivity index is 2.21. The van der Waals surface area contributed by atoms with E-state index < -0.39 is 0 Å². The molecule has 4 nitrogen and oxygen atoms in total. The maximum Gasteiger partial charge on any atom is 0.248 e. The van der Waals surface area contributed by atoms with Crippen LogP contribution in [0.5, 0.6) is 0 Å². The van der Waals surface area contributed by atoms with Crippen LogP contribution in [0.25, 0.3) is 11.5 Å². The number of aromatic nitrogens is 2. The van der Waals surface area contributed by atoms with Gasteiger partial charge in [-0.3, -0.25) is 0 Å². The minimum Gasteiger partial charge on any atom is -0.419 e. The predicted octanol–water partition coefficient (Wildman–Crippen LogP) is 3.49. The summed E-state index contributed by atoms with van der Waals surface area (Å²) in [7, 11) is 0. The largest absolute Gasteiger partial charge is 0.419 e. The molecule has 96 valence electrons. The molecule has 0 aliphatic carbocycles. The third-order valence-electron chi connectivity index (χ3n) is 2.29. The van der Waals surface area contributed by atoms with E-state index >= 15 is 0 Å². The molecule has 6 heteroatoms. The molecule has 1 aromatic heterocycles. The summed E-state index contributed by atoms with van der Waals surface area (Å²) in [5.74, 6) is 1.08. The molecule has 0 unspecified atom stereocenters. The molecule has 0 saturated carbocycles. The van der Waals surface area contributed by atoms with Gasteiger partial charge in [-0.1, -0.05) is 25.4 Å². The summed E-state index contributed by atoms with van der Waals surface area (Å²) in [5.41, 5.74) is 0.867. The number of benzene rings is 1. The van der Waals surface area contributed by atoms with Gasteiger partial charge in [0, 0.05) is 14.6 Å². The zero-order valence-corrected chi connectivity index (χ0v) is 13.0. The van der Waals surface area contributed by atoms with Crippen LogP contribution in [0.3, 0.4) is 0 Å². The van der Waals surface area contributed by atoms with Crippen molar-refractivity contribution in [3.8, 4) is 11.5 Å². The standard InChI is InChI=1S/C12H13ClIN3O/c1-7(2)15-6-11-16-17-12(18-11)9-5-8(13)3-4-10(9)14/h3-5,7,15H,6H2,1-2H3. The van der Waals surface area contributed by atoms with E-state index in [4.69, 9.17) is 16.0 Å². The lowest BCUT2D eigenvalue weighted by Crippen LogP contribution is -2.21. The highest BCUT2D eigenvalue weighted by Crippen LogP contribution is 2.27. The molecule has 0 aliphatic heterocycles. The lowest BCUT2D eigenvalue weighted by Gasteiger charge is -2.03. The van der Waals surface area contributed by atoms with Gasteiger partial charge in [0.25, 0.3) is 0 Å². The summed E-state index contributed by atoms with van der Waals surface area (Å²) >= 11 is 8.19. The van der Waals surface area contributed by atoms with Crippen molar-refractivity contribution in [1.82, 2.24) is 15.5 Å². The van der Waals surface area contributed by atoms with E-state index in [0.717, 1.165) is 9.13 Å². The van der Waals surface area contributed by atoms with Crippen molar-refractivity contribution in [2.45, 2.75) is 26.4 Å². The van der Waals surface area contributed by atoms with Gasteiger partial charge in [0.15, 0.2) is 0 Å². The first-order valence-electron chi connectivity index (χ1n) is 5.57. The first-order chi connectivity index (χ1) is 8.56. The number of nitrogens with zero attached hydrogens (tertiary/aromatic N) is 2. The maximum atomic E-state index is 5.97. The van der Waals surface area contributed by atoms with Crippen LogP contribution >= 0.6 is 34.2 Å². The third kappa shape index (κ3) is 3.43. The van der Waals surface area contributed by atoms with Crippen molar-refractivity contribution >= 4 is 34.2 Å². The molecule has 0 amide bonds. The van der Waals surface area contributed by atoms with Gasteiger partial charge >= 0.3 is 0 Å². The molecule has 0 fully saturated rings. The lowest BCUT2D eigenvalue weighted by atomic mass is 10.2. The highest BCUT2D eigenvalue weighted by Gasteiger charge is 2.12. The van der Waals surface area contributed by atoms with Crippen LogP contribution in [-0.2, 0) is 6.54 Å². The first kappa shape index (κ1) is 13.8. The topological polar surface area (TPSA) is 51.0 Å². The Morgan fingerprint density at radius 3 is 2.89 bits per heavy atom. The van der Waals surface area contributed by atoms with E-state index in [2.05, 4.69) is 52.0 Å². The van der Waals surface area contributed by atoms with Gasteiger partial charge in [-0.2, -0.15) is 0 Å². The Morgan fingerprint density at radius 1 is 1.39 bits per heavy atom. The zero-order chi connectivity index (χ0) is 13.1. The van der Waals surface area contributed by atoms with Crippen LogP contribution in [0, 0.1) is 3.57 Å². The predicted molar refractivity (Wildman–Crippen MR) is 79.4 cm³/mol. The second kappa shape index (κ2) is 5.99. The molecule has 0 aliphatic rings. The van der Waals surface area contributed by atoms with Crippen LogP contribution in [0.15, 0.2) is 22.6 Å². The Hall–Kier alpha value is -0.660. The van der Waals surface area contributed by atoms with E-state index in [-0.39, 0.29) is 0 Å². The van der Waals surface area contributed by atoms with Crippen LogP contribution in [0.2, 0.25) is 5.02 Å². The van der Waals surface area contributed by atoms with Crippen LogP contribution in [-0.4, -0.2) is 16.2 Å². The van der Waals surface area contributed by atoms with Crippen LogP contribution in [0.4, 0.5) is 0 Å². The molecule has 2 rings (SSSR count). The highest BCUT2D eigenvalue weighted by atomic mass is 127. The molecule has 18 heavy (non-hydrogen) atoms. The maximum absolute atomic E-state index is 5.97. The zero-order valence-electron chi connectivity index (χ0n) is 10.1. The molecule has 0 saturated heterocycles. The number of hydrogen-bond donors (Lipinski definition) is 1. The van der Waals surface area contributed by atoms with E-state index in [1.807, 2.05) is 18.2 Å². The fourth-order valence-corrected chi connectivity index (χ4v) is 2.13. The summed E-state index contributed by atoms with van der Waals surface area (Å²) in [6.45, 7) is 4.70. The van der Waals surface area contributed by atoms with Crippen molar-refractivity contribution in [2.24, 2.45) is 0 Å². The van der Waals surface area contributed by atoms with E-state index in [9.17, 15) is 0 Å². The highest BCUT2D eigenvalue weighted by molar-refractivity contribution is 14.1. The van der Waals surface area contributed by atoms with Crippen molar-refractivity contribution in [1.29, 1.82) is 0 Å². The number of halogens is 2. The van der Waals surface area contributed by atoms with Gasteiger partial charge in [0.05, 0.1) is 12.1 Å². The van der Waals surface area contributed by atoms with Crippen LogP contribution < -0.4 is 5.32 Å². The number of hydrogen-bond acceptors (Lipinski definition) is 4. The van der Waals surface area contributed by atoms with Crippen molar-refractivity contribution in [2.75, 3.05) is 0 Å². The molecule has 2 aromatic rings. The smallest absolute Gasteiger partial charge is 0.248 e. The summed E-state index contributed by atoms with van der Waals surface area (Å²) in [6, 6.07) is 5.97. The molecule has 1 heterocycles. The normalized spacial score (nSPS) is 11.2. The second-order valence-corrected chi connectivity index (χ2v) is 5.76. The average molecular weight is 378 g/mol. The molecular formula is C12H13ClIN3O. The van der Waals surface area contributed by atoms with Gasteiger partial charge in [-0.15, -0.1) is 10.2 Å². The van der Waals surface area contributed by atoms with Gasteiger partial charge in [-0.25, -0.2) is 0 Å². The Kier molecular flexibility index (Phi) is 4.58. The van der Waals surface area contributed by atoms with E-state index in [0.29, 0.717) is 29.4 Å². The molecule has 1 aromatic carbocycles. The molecule has 0 spiro atoms. The molecule has 1 N–H and O–H groups in total. The quantitative estimate of drug-likeness (QED) is 0.829. The van der Waals surface area contributed by atoms with Gasteiger partial charge in [0.2, 0.25) is 11.8 Å². The third-order valence-corrected chi connectivity index (χ3v) is 3.46. The van der Waals surface area contributed by atoms with E-state index in [1.54, 1.807) is 0 Å². The van der Waals surface area contributed by atoms with Gasteiger partial charge < -0.3 is 9.73 Å². The van der Waals surface area contributed by atoms with Crippen LogP contribution in [0.1, 0.15) is 19.7 Å². The van der Waals surface area contributed by atoms with Crippen molar-refractivity contribution in [3.05, 3.63) is 32.7 Å². The Bertz CT molecular complexity index is 542. The summed E-state index contributed by atoms with van der Waals surface area (Å²) in [4.78, 5) is 0. The number of nitrogens with one attached hydrogen (secondary N) is 1. The molecule has 0 radical (unpaired) electrons.